The summed E-state index contributed by atoms with van der Waals surface area (Å²) in [5, 5.41) is 2.77. The molecule has 1 rings (SSSR count). The first kappa shape index (κ1) is 13.8. The summed E-state index contributed by atoms with van der Waals surface area (Å²) in [4.78, 5) is 11.5. The van der Waals surface area contributed by atoms with E-state index in [0.29, 0.717) is 29.0 Å². The number of anilines is 1. The summed E-state index contributed by atoms with van der Waals surface area (Å²) >= 11 is 0.442. The maximum absolute atomic E-state index is 12.3. The fourth-order valence-electron chi connectivity index (χ4n) is 1.19. The summed E-state index contributed by atoms with van der Waals surface area (Å²) < 4.78 is 29.3. The second-order valence-corrected chi connectivity index (χ2v) is 4.07. The SMILES string of the molecule is CCOC(=O)CNc1ccccc1SC(F)F. The summed E-state index contributed by atoms with van der Waals surface area (Å²) in [6, 6.07) is 6.59. The Labute approximate surface area is 103 Å². The standard InChI is InChI=1S/C11H13F2NO2S/c1-2-16-10(15)7-14-8-5-3-4-6-9(8)17-11(12)13/h3-6,11,14H,2,7H2,1H3. The van der Waals surface area contributed by atoms with E-state index in [1.807, 2.05) is 0 Å². The molecule has 0 saturated carbocycles. The largest absolute Gasteiger partial charge is 0.465 e. The van der Waals surface area contributed by atoms with Gasteiger partial charge in [-0.2, -0.15) is 8.78 Å². The van der Waals surface area contributed by atoms with Crippen molar-refractivity contribution < 1.29 is 18.3 Å². The number of rotatable bonds is 6. The third-order valence-corrected chi connectivity index (χ3v) is 2.62. The van der Waals surface area contributed by atoms with Crippen LogP contribution in [0.5, 0.6) is 0 Å². The highest BCUT2D eigenvalue weighted by atomic mass is 32.2. The quantitative estimate of drug-likeness (QED) is 0.631. The van der Waals surface area contributed by atoms with Crippen molar-refractivity contribution in [3.63, 3.8) is 0 Å². The van der Waals surface area contributed by atoms with Gasteiger partial charge in [-0.05, 0) is 19.1 Å². The minimum absolute atomic E-state index is 0.0331. The first-order valence-electron chi connectivity index (χ1n) is 5.06. The van der Waals surface area contributed by atoms with Crippen LogP contribution in [0.15, 0.2) is 29.2 Å². The van der Waals surface area contributed by atoms with E-state index in [0.717, 1.165) is 0 Å². The van der Waals surface area contributed by atoms with Crippen LogP contribution in [-0.4, -0.2) is 24.9 Å². The molecule has 0 amide bonds. The number of carbonyl (C=O) groups is 1. The maximum atomic E-state index is 12.3. The Hall–Kier alpha value is -1.30. The minimum atomic E-state index is -2.49. The molecule has 0 heterocycles. The number of halogens is 2. The second-order valence-electron chi connectivity index (χ2n) is 3.03. The van der Waals surface area contributed by atoms with Crippen molar-refractivity contribution in [2.45, 2.75) is 17.6 Å². The Morgan fingerprint density at radius 1 is 1.47 bits per heavy atom. The van der Waals surface area contributed by atoms with Crippen molar-refractivity contribution in [1.29, 1.82) is 0 Å². The first-order valence-corrected chi connectivity index (χ1v) is 5.94. The normalized spacial score (nSPS) is 10.4. The van der Waals surface area contributed by atoms with Gasteiger partial charge in [0.2, 0.25) is 0 Å². The van der Waals surface area contributed by atoms with Gasteiger partial charge in [-0.25, -0.2) is 0 Å². The molecule has 0 saturated heterocycles. The summed E-state index contributed by atoms with van der Waals surface area (Å²) in [6.07, 6.45) is 0. The zero-order valence-corrected chi connectivity index (χ0v) is 10.1. The van der Waals surface area contributed by atoms with Gasteiger partial charge in [0.15, 0.2) is 0 Å². The van der Waals surface area contributed by atoms with Crippen LogP contribution in [0, 0.1) is 0 Å². The number of hydrogen-bond donors (Lipinski definition) is 1. The highest BCUT2D eigenvalue weighted by molar-refractivity contribution is 7.99. The molecule has 0 radical (unpaired) electrons. The number of carbonyl (C=O) groups excluding carboxylic acids is 1. The number of esters is 1. The fraction of sp³-hybridized carbons (Fsp3) is 0.364. The number of para-hydroxylation sites is 1. The molecule has 0 bridgehead atoms. The van der Waals surface area contributed by atoms with Crippen LogP contribution in [0.1, 0.15) is 6.92 Å². The Kier molecular flexibility index (Phi) is 5.76. The number of thioether (sulfide) groups is 1. The minimum Gasteiger partial charge on any atom is -0.465 e. The van der Waals surface area contributed by atoms with Crippen molar-refractivity contribution in [3.8, 4) is 0 Å². The van der Waals surface area contributed by atoms with E-state index in [-0.39, 0.29) is 6.54 Å². The molecule has 6 heteroatoms. The van der Waals surface area contributed by atoms with Crippen LogP contribution in [0.2, 0.25) is 0 Å². The third-order valence-electron chi connectivity index (χ3n) is 1.83. The van der Waals surface area contributed by atoms with Crippen molar-refractivity contribution in [2.24, 2.45) is 0 Å². The molecule has 1 N–H and O–H groups in total. The molecule has 1 aromatic carbocycles. The number of ether oxygens (including phenoxy) is 1. The van der Waals surface area contributed by atoms with Gasteiger partial charge in [0, 0.05) is 10.6 Å². The zero-order chi connectivity index (χ0) is 12.7. The molecular weight excluding hydrogens is 248 g/mol. The van der Waals surface area contributed by atoms with Gasteiger partial charge in [0.25, 0.3) is 5.76 Å². The second kappa shape index (κ2) is 7.11. The van der Waals surface area contributed by atoms with Crippen molar-refractivity contribution >= 4 is 23.4 Å². The maximum Gasteiger partial charge on any atom is 0.325 e. The van der Waals surface area contributed by atoms with E-state index >= 15 is 0 Å². The highest BCUT2D eigenvalue weighted by Crippen LogP contribution is 2.31. The average molecular weight is 261 g/mol. The van der Waals surface area contributed by atoms with Gasteiger partial charge in [0.05, 0.1) is 6.61 Å². The molecular formula is C11H13F2NO2S. The Bertz CT molecular complexity index is 374. The van der Waals surface area contributed by atoms with E-state index in [1.165, 1.54) is 0 Å². The van der Waals surface area contributed by atoms with Crippen molar-refractivity contribution in [1.82, 2.24) is 0 Å². The molecule has 17 heavy (non-hydrogen) atoms. The lowest BCUT2D eigenvalue weighted by molar-refractivity contribution is -0.140. The molecule has 0 aliphatic carbocycles. The van der Waals surface area contributed by atoms with E-state index < -0.39 is 11.7 Å². The zero-order valence-electron chi connectivity index (χ0n) is 9.28. The van der Waals surface area contributed by atoms with E-state index in [9.17, 15) is 13.6 Å². The van der Waals surface area contributed by atoms with E-state index in [4.69, 9.17) is 4.74 Å². The number of alkyl halides is 2. The van der Waals surface area contributed by atoms with Gasteiger partial charge in [-0.15, -0.1) is 0 Å². The van der Waals surface area contributed by atoms with Crippen LogP contribution in [0.4, 0.5) is 14.5 Å². The molecule has 0 aliphatic rings. The highest BCUT2D eigenvalue weighted by Gasteiger charge is 2.10. The predicted molar refractivity (Wildman–Crippen MR) is 63.4 cm³/mol. The lowest BCUT2D eigenvalue weighted by atomic mass is 10.3. The van der Waals surface area contributed by atoms with Crippen LogP contribution in [0.3, 0.4) is 0 Å². The molecule has 1 aromatic rings. The predicted octanol–water partition coefficient (Wildman–Crippen LogP) is 2.98. The summed E-state index contributed by atoms with van der Waals surface area (Å²) in [7, 11) is 0. The van der Waals surface area contributed by atoms with Crippen molar-refractivity contribution in [2.75, 3.05) is 18.5 Å². The number of nitrogens with one attached hydrogen (secondary N) is 1. The summed E-state index contributed by atoms with van der Waals surface area (Å²) in [6.45, 7) is 1.97. The van der Waals surface area contributed by atoms with Crippen LogP contribution < -0.4 is 5.32 Å². The molecule has 94 valence electrons. The van der Waals surface area contributed by atoms with Crippen LogP contribution in [-0.2, 0) is 9.53 Å². The van der Waals surface area contributed by atoms with E-state index in [2.05, 4.69) is 5.32 Å². The lowest BCUT2D eigenvalue weighted by Crippen LogP contribution is -2.17. The molecule has 0 unspecified atom stereocenters. The van der Waals surface area contributed by atoms with E-state index in [1.54, 1.807) is 31.2 Å². The summed E-state index contributed by atoms with van der Waals surface area (Å²) in [5.74, 6) is -2.90. The lowest BCUT2D eigenvalue weighted by Gasteiger charge is -2.10. The number of benzene rings is 1. The third kappa shape index (κ3) is 5.04. The topological polar surface area (TPSA) is 38.3 Å². The monoisotopic (exact) mass is 261 g/mol. The Balaban J connectivity index is 2.60. The molecule has 3 nitrogen and oxygen atoms in total. The smallest absolute Gasteiger partial charge is 0.325 e. The van der Waals surface area contributed by atoms with Crippen LogP contribution >= 0.6 is 11.8 Å². The number of hydrogen-bond acceptors (Lipinski definition) is 4. The van der Waals surface area contributed by atoms with Gasteiger partial charge in [0.1, 0.15) is 6.54 Å². The summed E-state index contributed by atoms with van der Waals surface area (Å²) in [5.41, 5.74) is 0.505. The average Bonchev–Trinajstić information content (AvgIpc) is 2.27. The van der Waals surface area contributed by atoms with Gasteiger partial charge < -0.3 is 10.1 Å². The van der Waals surface area contributed by atoms with Gasteiger partial charge in [-0.1, -0.05) is 23.9 Å². The molecule has 0 fully saturated rings. The van der Waals surface area contributed by atoms with Crippen LogP contribution in [0.25, 0.3) is 0 Å². The first-order chi connectivity index (χ1) is 8.13. The van der Waals surface area contributed by atoms with Gasteiger partial charge >= 0.3 is 5.97 Å². The molecule has 0 aliphatic heterocycles. The fourth-order valence-corrected chi connectivity index (χ4v) is 1.81. The van der Waals surface area contributed by atoms with Crippen molar-refractivity contribution in [3.05, 3.63) is 24.3 Å². The molecule has 0 aromatic heterocycles. The Morgan fingerprint density at radius 3 is 2.82 bits per heavy atom. The molecule has 0 atom stereocenters. The molecule has 0 spiro atoms. The van der Waals surface area contributed by atoms with Gasteiger partial charge in [-0.3, -0.25) is 4.79 Å². The Morgan fingerprint density at radius 2 is 2.18 bits per heavy atom.